The van der Waals surface area contributed by atoms with Crippen LogP contribution in [-0.2, 0) is 20.7 Å². The van der Waals surface area contributed by atoms with Gasteiger partial charge in [0.25, 0.3) is 0 Å². The molecule has 4 nitrogen and oxygen atoms in total. The van der Waals surface area contributed by atoms with Gasteiger partial charge in [-0.3, -0.25) is 4.98 Å². The van der Waals surface area contributed by atoms with Crippen molar-refractivity contribution in [2.24, 2.45) is 0 Å². The smallest absolute Gasteiger partial charge is 0.158 e. The van der Waals surface area contributed by atoms with Crippen molar-refractivity contribution in [2.45, 2.75) is 31.0 Å². The zero-order valence-corrected chi connectivity index (χ0v) is 10.7. The summed E-state index contributed by atoms with van der Waals surface area (Å²) in [6.45, 7) is 5.53. The van der Waals surface area contributed by atoms with Gasteiger partial charge in [-0.1, -0.05) is 0 Å². The van der Waals surface area contributed by atoms with E-state index < -0.39 is 0 Å². The minimum Gasteiger partial charge on any atom is -0.374 e. The van der Waals surface area contributed by atoms with Crippen molar-refractivity contribution in [3.63, 3.8) is 0 Å². The summed E-state index contributed by atoms with van der Waals surface area (Å²) in [7, 11) is 0. The lowest BCUT2D eigenvalue weighted by Crippen LogP contribution is -2.50. The third-order valence-electron chi connectivity index (χ3n) is 4.52. The molecule has 4 rings (SSSR count). The van der Waals surface area contributed by atoms with Crippen molar-refractivity contribution in [2.75, 3.05) is 26.3 Å². The third-order valence-corrected chi connectivity index (χ3v) is 4.52. The summed E-state index contributed by atoms with van der Waals surface area (Å²) in [4.78, 5) is 4.62. The Labute approximate surface area is 107 Å². The molecule has 0 amide bonds. The predicted molar refractivity (Wildman–Crippen MR) is 66.3 cm³/mol. The Morgan fingerprint density at radius 2 is 2.00 bits per heavy atom. The fourth-order valence-electron chi connectivity index (χ4n) is 3.62. The molecule has 2 fully saturated rings. The maximum absolute atomic E-state index is 6.54. The van der Waals surface area contributed by atoms with Crippen LogP contribution in [-0.4, -0.2) is 31.3 Å². The quantitative estimate of drug-likeness (QED) is 0.747. The van der Waals surface area contributed by atoms with Gasteiger partial charge in [0.05, 0.1) is 24.5 Å². The molecule has 96 valence electrons. The average Bonchev–Trinajstić information content (AvgIpc) is 2.63. The number of aryl methyl sites for hydroxylation is 1. The van der Waals surface area contributed by atoms with Crippen LogP contribution in [0.25, 0.3) is 0 Å². The normalized spacial score (nSPS) is 27.2. The Balaban J connectivity index is 1.89. The molecule has 3 aliphatic rings. The van der Waals surface area contributed by atoms with Gasteiger partial charge in [-0.15, -0.1) is 0 Å². The minimum atomic E-state index is -0.251. The number of aromatic nitrogens is 1. The Bertz CT molecular complexity index is 491. The highest BCUT2D eigenvalue weighted by molar-refractivity contribution is 5.43. The number of hydrogen-bond acceptors (Lipinski definition) is 4. The first-order valence-electron chi connectivity index (χ1n) is 6.71. The molecule has 0 saturated carbocycles. The topological polar surface area (TPSA) is 43.4 Å². The van der Waals surface area contributed by atoms with Crippen molar-refractivity contribution in [1.29, 1.82) is 0 Å². The molecule has 0 radical (unpaired) electrons. The van der Waals surface area contributed by atoms with Crippen LogP contribution in [0.1, 0.15) is 29.7 Å². The van der Waals surface area contributed by atoms with Crippen molar-refractivity contribution in [1.82, 2.24) is 10.3 Å². The lowest BCUT2D eigenvalue weighted by atomic mass is 9.82. The summed E-state index contributed by atoms with van der Waals surface area (Å²) < 4.78 is 11.9. The van der Waals surface area contributed by atoms with E-state index in [1.54, 1.807) is 0 Å². The highest BCUT2D eigenvalue weighted by Crippen LogP contribution is 2.54. The number of nitrogens with zero attached hydrogens (tertiary/aromatic N) is 1. The van der Waals surface area contributed by atoms with E-state index in [0.717, 1.165) is 31.6 Å². The summed E-state index contributed by atoms with van der Waals surface area (Å²) >= 11 is 0. The number of hydrogen-bond donors (Lipinski definition) is 1. The van der Waals surface area contributed by atoms with Gasteiger partial charge in [0.1, 0.15) is 0 Å². The Morgan fingerprint density at radius 3 is 2.67 bits per heavy atom. The molecule has 0 aromatic carbocycles. The summed E-state index contributed by atoms with van der Waals surface area (Å²) in [5, 5.41) is 3.42. The third kappa shape index (κ3) is 1.23. The molecular weight excluding hydrogens is 228 g/mol. The molecule has 1 aromatic rings. The van der Waals surface area contributed by atoms with Crippen LogP contribution in [0.15, 0.2) is 12.3 Å². The molecule has 1 aromatic heterocycles. The molecule has 0 unspecified atom stereocenters. The van der Waals surface area contributed by atoms with Crippen LogP contribution in [0.2, 0.25) is 0 Å². The van der Waals surface area contributed by atoms with Crippen LogP contribution in [0.3, 0.4) is 0 Å². The minimum absolute atomic E-state index is 0.122. The van der Waals surface area contributed by atoms with Crippen LogP contribution < -0.4 is 5.32 Å². The van der Waals surface area contributed by atoms with Crippen LogP contribution in [0.4, 0.5) is 0 Å². The van der Waals surface area contributed by atoms with Crippen molar-refractivity contribution < 1.29 is 9.47 Å². The van der Waals surface area contributed by atoms with Crippen molar-refractivity contribution in [3.05, 3.63) is 29.1 Å². The average molecular weight is 246 g/mol. The van der Waals surface area contributed by atoms with Gasteiger partial charge in [-0.25, -0.2) is 0 Å². The van der Waals surface area contributed by atoms with Crippen molar-refractivity contribution >= 4 is 0 Å². The molecule has 0 atom stereocenters. The highest BCUT2D eigenvalue weighted by atomic mass is 16.6. The Morgan fingerprint density at radius 1 is 1.22 bits per heavy atom. The molecule has 18 heavy (non-hydrogen) atoms. The number of pyridine rings is 1. The van der Waals surface area contributed by atoms with E-state index in [9.17, 15) is 0 Å². The van der Waals surface area contributed by atoms with Crippen LogP contribution in [0.5, 0.6) is 0 Å². The summed E-state index contributed by atoms with van der Waals surface area (Å²) in [5.74, 6) is 0. The van der Waals surface area contributed by atoms with Gasteiger partial charge in [0, 0.05) is 11.8 Å². The maximum atomic E-state index is 6.54. The number of ether oxygens (including phenoxy) is 2. The standard InChI is InChI=1S/C14H18N2O2/c1-10-2-5-16-12-11(10)13(3-6-15-7-4-13)18-14(12)8-17-9-14/h2,5,15H,3-4,6-9H2,1H3. The van der Waals surface area contributed by atoms with E-state index in [4.69, 9.17) is 9.47 Å². The summed E-state index contributed by atoms with van der Waals surface area (Å²) in [6, 6.07) is 2.10. The maximum Gasteiger partial charge on any atom is 0.158 e. The fraction of sp³-hybridized carbons (Fsp3) is 0.643. The van der Waals surface area contributed by atoms with Gasteiger partial charge in [0.2, 0.25) is 0 Å². The highest BCUT2D eigenvalue weighted by Gasteiger charge is 2.58. The van der Waals surface area contributed by atoms with Crippen LogP contribution >= 0.6 is 0 Å². The van der Waals surface area contributed by atoms with E-state index >= 15 is 0 Å². The lowest BCUT2D eigenvalue weighted by Gasteiger charge is -2.42. The Hall–Kier alpha value is -0.970. The molecule has 0 bridgehead atoms. The van der Waals surface area contributed by atoms with E-state index in [1.165, 1.54) is 11.1 Å². The monoisotopic (exact) mass is 246 g/mol. The van der Waals surface area contributed by atoms with Gasteiger partial charge in [-0.2, -0.15) is 0 Å². The molecule has 2 spiro atoms. The van der Waals surface area contributed by atoms with E-state index in [0.29, 0.717) is 13.2 Å². The molecule has 3 aliphatic heterocycles. The van der Waals surface area contributed by atoms with E-state index in [2.05, 4.69) is 23.3 Å². The Kier molecular flexibility index (Phi) is 2.14. The number of fused-ring (bicyclic) bond motifs is 3. The largest absolute Gasteiger partial charge is 0.374 e. The van der Waals surface area contributed by atoms with Gasteiger partial charge >= 0.3 is 0 Å². The zero-order valence-electron chi connectivity index (χ0n) is 10.7. The second-order valence-corrected chi connectivity index (χ2v) is 5.68. The first-order chi connectivity index (χ1) is 8.76. The number of piperidine rings is 1. The zero-order chi connectivity index (χ0) is 12.2. The SMILES string of the molecule is Cc1ccnc2c1C1(CCNCC1)OC21COC1. The summed E-state index contributed by atoms with van der Waals surface area (Å²) in [5.41, 5.74) is 3.41. The van der Waals surface area contributed by atoms with Gasteiger partial charge < -0.3 is 14.8 Å². The molecular formula is C14H18N2O2. The van der Waals surface area contributed by atoms with Crippen LogP contribution in [0, 0.1) is 6.92 Å². The second-order valence-electron chi connectivity index (χ2n) is 5.68. The van der Waals surface area contributed by atoms with Gasteiger partial charge in [0.15, 0.2) is 5.60 Å². The summed E-state index contributed by atoms with van der Waals surface area (Å²) in [6.07, 6.45) is 3.97. The molecule has 1 N–H and O–H groups in total. The van der Waals surface area contributed by atoms with Crippen molar-refractivity contribution in [3.8, 4) is 0 Å². The molecule has 4 heterocycles. The van der Waals surface area contributed by atoms with E-state index in [-0.39, 0.29) is 11.2 Å². The first kappa shape index (κ1) is 10.9. The number of rotatable bonds is 0. The molecule has 2 saturated heterocycles. The lowest BCUT2D eigenvalue weighted by molar-refractivity contribution is -0.261. The first-order valence-corrected chi connectivity index (χ1v) is 6.71. The number of nitrogens with one attached hydrogen (secondary N) is 1. The fourth-order valence-corrected chi connectivity index (χ4v) is 3.62. The van der Waals surface area contributed by atoms with Gasteiger partial charge in [-0.05, 0) is 44.5 Å². The molecule has 0 aliphatic carbocycles. The predicted octanol–water partition coefficient (Wildman–Crippen LogP) is 1.22. The molecule has 4 heteroatoms. The van der Waals surface area contributed by atoms with E-state index in [1.807, 2.05) is 6.20 Å². The second kappa shape index (κ2) is 3.53.